The number of hydrogen-bond acceptors (Lipinski definition) is 4. The number of primary amides is 1. The third-order valence-electron chi connectivity index (χ3n) is 5.81. The van der Waals surface area contributed by atoms with Crippen LogP contribution in [0.3, 0.4) is 0 Å². The third-order valence-corrected chi connectivity index (χ3v) is 5.81. The van der Waals surface area contributed by atoms with Crippen LogP contribution in [0.5, 0.6) is 5.75 Å². The molecule has 178 valence electrons. The van der Waals surface area contributed by atoms with Crippen LogP contribution in [0.4, 0.5) is 5.69 Å². The summed E-state index contributed by atoms with van der Waals surface area (Å²) in [5, 5.41) is 3.02. The summed E-state index contributed by atoms with van der Waals surface area (Å²) >= 11 is 0. The van der Waals surface area contributed by atoms with Gasteiger partial charge in [0.15, 0.2) is 0 Å². The second kappa shape index (κ2) is 11.6. The molecule has 0 fully saturated rings. The molecule has 0 saturated carbocycles. The van der Waals surface area contributed by atoms with E-state index in [-0.39, 0.29) is 23.7 Å². The molecule has 0 aliphatic carbocycles. The van der Waals surface area contributed by atoms with Gasteiger partial charge >= 0.3 is 0 Å². The fourth-order valence-electron chi connectivity index (χ4n) is 4.03. The van der Waals surface area contributed by atoms with Gasteiger partial charge in [0.2, 0.25) is 11.8 Å². The Labute approximate surface area is 196 Å². The molecule has 2 amide bonds. The van der Waals surface area contributed by atoms with Crippen molar-refractivity contribution in [3.63, 3.8) is 0 Å². The molecule has 0 bridgehead atoms. The van der Waals surface area contributed by atoms with Crippen LogP contribution in [-0.2, 0) is 10.2 Å². The topological polar surface area (TPSA) is 98.5 Å². The van der Waals surface area contributed by atoms with Crippen LogP contribution in [-0.4, -0.2) is 25.2 Å². The number of carbonyl (C=O) groups excluding carboxylic acids is 3. The zero-order valence-electron chi connectivity index (χ0n) is 20.4. The predicted molar refractivity (Wildman–Crippen MR) is 132 cm³/mol. The Hall–Kier alpha value is -3.15. The van der Waals surface area contributed by atoms with Crippen LogP contribution >= 0.6 is 0 Å². The van der Waals surface area contributed by atoms with Crippen molar-refractivity contribution in [3.05, 3.63) is 58.7 Å². The minimum Gasteiger partial charge on any atom is -0.496 e. The summed E-state index contributed by atoms with van der Waals surface area (Å²) in [5.74, 6) is -0.141. The van der Waals surface area contributed by atoms with Crippen molar-refractivity contribution in [1.82, 2.24) is 0 Å². The van der Waals surface area contributed by atoms with Crippen molar-refractivity contribution in [2.75, 3.05) is 12.4 Å². The highest BCUT2D eigenvalue weighted by atomic mass is 16.5. The van der Waals surface area contributed by atoms with Crippen LogP contribution in [0, 0.1) is 0 Å². The number of nitrogens with two attached hydrogens (primary N) is 1. The highest BCUT2D eigenvalue weighted by molar-refractivity contribution is 5.97. The standard InChI is InChI=1S/C27H36N2O4/c1-6-7-8-9-19(21-12-10-18(17-30)14-24(21)33-5)16-25(31)29-23-15-20(26(28)32)11-13-22(23)27(2,3)4/h10-15,17,19H,6-9,16H2,1-5H3,(H2,28,32)(H,29,31). The Kier molecular flexibility index (Phi) is 9.21. The minimum atomic E-state index is -0.539. The lowest BCUT2D eigenvalue weighted by molar-refractivity contribution is -0.116. The predicted octanol–water partition coefficient (Wildman–Crippen LogP) is 5.60. The van der Waals surface area contributed by atoms with Gasteiger partial charge in [-0.2, -0.15) is 0 Å². The molecule has 0 heterocycles. The van der Waals surface area contributed by atoms with Gasteiger partial charge in [-0.05, 0) is 47.1 Å². The lowest BCUT2D eigenvalue weighted by Gasteiger charge is -2.25. The van der Waals surface area contributed by atoms with Crippen LogP contribution in [0.2, 0.25) is 0 Å². The van der Waals surface area contributed by atoms with Gasteiger partial charge < -0.3 is 15.8 Å². The number of amides is 2. The molecule has 2 rings (SSSR count). The fourth-order valence-corrected chi connectivity index (χ4v) is 4.03. The van der Waals surface area contributed by atoms with E-state index in [2.05, 4.69) is 33.0 Å². The summed E-state index contributed by atoms with van der Waals surface area (Å²) in [6, 6.07) is 10.5. The monoisotopic (exact) mass is 452 g/mol. The van der Waals surface area contributed by atoms with Crippen molar-refractivity contribution in [1.29, 1.82) is 0 Å². The summed E-state index contributed by atoms with van der Waals surface area (Å²) in [7, 11) is 1.57. The molecular formula is C27H36N2O4. The number of anilines is 1. The zero-order chi connectivity index (χ0) is 24.6. The number of hydrogen-bond donors (Lipinski definition) is 2. The van der Waals surface area contributed by atoms with E-state index in [0.717, 1.165) is 43.1 Å². The molecule has 0 radical (unpaired) electrons. The molecule has 6 heteroatoms. The molecule has 2 aromatic rings. The van der Waals surface area contributed by atoms with E-state index in [1.54, 1.807) is 31.4 Å². The largest absolute Gasteiger partial charge is 0.496 e. The van der Waals surface area contributed by atoms with Gasteiger partial charge in [-0.3, -0.25) is 14.4 Å². The van der Waals surface area contributed by atoms with E-state index >= 15 is 0 Å². The summed E-state index contributed by atoms with van der Waals surface area (Å²) < 4.78 is 5.54. The molecule has 0 spiro atoms. The maximum Gasteiger partial charge on any atom is 0.248 e. The molecule has 0 aliphatic heterocycles. The van der Waals surface area contributed by atoms with E-state index in [1.807, 2.05) is 12.1 Å². The summed E-state index contributed by atoms with van der Waals surface area (Å²) in [6.45, 7) is 8.29. The molecule has 2 aromatic carbocycles. The van der Waals surface area contributed by atoms with Gasteiger partial charge in [0.1, 0.15) is 12.0 Å². The Morgan fingerprint density at radius 2 is 1.85 bits per heavy atom. The molecule has 1 unspecified atom stereocenters. The molecule has 6 nitrogen and oxygen atoms in total. The van der Waals surface area contributed by atoms with Gasteiger partial charge in [-0.1, -0.05) is 65.2 Å². The number of nitrogens with one attached hydrogen (secondary N) is 1. The van der Waals surface area contributed by atoms with Crippen LogP contribution in [0.1, 0.15) is 97.6 Å². The molecule has 0 saturated heterocycles. The first kappa shape index (κ1) is 26.1. The SMILES string of the molecule is CCCCCC(CC(=O)Nc1cc(C(N)=O)ccc1C(C)(C)C)c1ccc(C=O)cc1OC. The second-order valence-corrected chi connectivity index (χ2v) is 9.44. The molecule has 1 atom stereocenters. The first-order chi connectivity index (χ1) is 15.6. The van der Waals surface area contributed by atoms with Crippen molar-refractivity contribution in [3.8, 4) is 5.75 Å². The third kappa shape index (κ3) is 7.17. The van der Waals surface area contributed by atoms with E-state index in [1.165, 1.54) is 0 Å². The number of ether oxygens (including phenoxy) is 1. The molecule has 3 N–H and O–H groups in total. The molecular weight excluding hydrogens is 416 g/mol. The van der Waals surface area contributed by atoms with Gasteiger partial charge in [-0.15, -0.1) is 0 Å². The maximum absolute atomic E-state index is 13.2. The van der Waals surface area contributed by atoms with Crippen LogP contribution < -0.4 is 15.8 Å². The van der Waals surface area contributed by atoms with E-state index in [0.29, 0.717) is 22.6 Å². The maximum atomic E-state index is 13.2. The highest BCUT2D eigenvalue weighted by Gasteiger charge is 2.23. The number of methoxy groups -OCH3 is 1. The quantitative estimate of drug-likeness (QED) is 0.343. The normalized spacial score (nSPS) is 12.2. The van der Waals surface area contributed by atoms with E-state index < -0.39 is 5.91 Å². The zero-order valence-corrected chi connectivity index (χ0v) is 20.4. The Morgan fingerprint density at radius 1 is 1.12 bits per heavy atom. The first-order valence-corrected chi connectivity index (χ1v) is 11.5. The lowest BCUT2D eigenvalue weighted by Crippen LogP contribution is -2.22. The lowest BCUT2D eigenvalue weighted by atomic mass is 9.84. The Bertz CT molecular complexity index is 992. The number of benzene rings is 2. The average Bonchev–Trinajstić information content (AvgIpc) is 2.77. The first-order valence-electron chi connectivity index (χ1n) is 11.5. The van der Waals surface area contributed by atoms with Crippen molar-refractivity contribution >= 4 is 23.8 Å². The van der Waals surface area contributed by atoms with E-state index in [4.69, 9.17) is 10.5 Å². The fraction of sp³-hybridized carbons (Fsp3) is 0.444. The summed E-state index contributed by atoms with van der Waals surface area (Å²) in [4.78, 5) is 36.1. The summed E-state index contributed by atoms with van der Waals surface area (Å²) in [5.41, 5.74) is 8.55. The number of unbranched alkanes of at least 4 members (excludes halogenated alkanes) is 2. The van der Waals surface area contributed by atoms with Crippen molar-refractivity contribution in [2.45, 2.75) is 71.1 Å². The number of carbonyl (C=O) groups is 3. The summed E-state index contributed by atoms with van der Waals surface area (Å²) in [6.07, 6.45) is 5.00. The second-order valence-electron chi connectivity index (χ2n) is 9.44. The molecule has 0 aliphatic rings. The molecule has 33 heavy (non-hydrogen) atoms. The number of rotatable bonds is 11. The van der Waals surface area contributed by atoms with Crippen molar-refractivity contribution in [2.24, 2.45) is 5.73 Å². The average molecular weight is 453 g/mol. The van der Waals surface area contributed by atoms with Gasteiger partial charge in [-0.25, -0.2) is 0 Å². The smallest absolute Gasteiger partial charge is 0.248 e. The Balaban J connectivity index is 2.35. The van der Waals surface area contributed by atoms with Gasteiger partial charge in [0.25, 0.3) is 0 Å². The number of aldehydes is 1. The molecule has 0 aromatic heterocycles. The Morgan fingerprint density at radius 3 is 2.42 bits per heavy atom. The van der Waals surface area contributed by atoms with Crippen LogP contribution in [0.25, 0.3) is 0 Å². The minimum absolute atomic E-state index is 0.0652. The van der Waals surface area contributed by atoms with Crippen LogP contribution in [0.15, 0.2) is 36.4 Å². The van der Waals surface area contributed by atoms with Gasteiger partial charge in [0, 0.05) is 23.2 Å². The highest BCUT2D eigenvalue weighted by Crippen LogP contribution is 2.35. The van der Waals surface area contributed by atoms with E-state index in [9.17, 15) is 14.4 Å². The van der Waals surface area contributed by atoms with Crippen molar-refractivity contribution < 1.29 is 19.1 Å². The van der Waals surface area contributed by atoms with Gasteiger partial charge in [0.05, 0.1) is 7.11 Å².